The predicted octanol–water partition coefficient (Wildman–Crippen LogP) is 3.04. The Hall–Kier alpha value is -2.68. The minimum absolute atomic E-state index is 0.140. The zero-order valence-corrected chi connectivity index (χ0v) is 21.3. The van der Waals surface area contributed by atoms with Gasteiger partial charge in [0, 0.05) is 19.7 Å². The third-order valence-corrected chi connectivity index (χ3v) is 7.77. The van der Waals surface area contributed by atoms with Crippen LogP contribution < -0.4 is 4.90 Å². The minimum Gasteiger partial charge on any atom is -0.465 e. The van der Waals surface area contributed by atoms with E-state index < -0.39 is 35.6 Å². The molecular weight excluding hydrogens is 484 g/mol. The molecule has 1 spiro atoms. The van der Waals surface area contributed by atoms with Crippen molar-refractivity contribution in [3.8, 4) is 0 Å². The van der Waals surface area contributed by atoms with Crippen LogP contribution in [0.1, 0.15) is 31.2 Å². The predicted molar refractivity (Wildman–Crippen MR) is 136 cm³/mol. The molecule has 194 valence electrons. The summed E-state index contributed by atoms with van der Waals surface area (Å²) in [6.07, 6.45) is 4.60. The topological polar surface area (TPSA) is 96.4 Å². The second-order valence-corrected chi connectivity index (χ2v) is 9.96. The lowest BCUT2D eigenvalue weighted by molar-refractivity contribution is -0.155. The highest BCUT2D eigenvalue weighted by molar-refractivity contribution is 6.34. The van der Waals surface area contributed by atoms with Gasteiger partial charge in [-0.25, -0.2) is 0 Å². The number of likely N-dealkylation sites (tertiary alicyclic amines) is 1. The van der Waals surface area contributed by atoms with Gasteiger partial charge in [-0.2, -0.15) is 0 Å². The molecule has 3 saturated heterocycles. The van der Waals surface area contributed by atoms with Crippen LogP contribution in [-0.4, -0.2) is 71.8 Å². The lowest BCUT2D eigenvalue weighted by Gasteiger charge is -2.37. The van der Waals surface area contributed by atoms with E-state index in [0.29, 0.717) is 36.4 Å². The van der Waals surface area contributed by atoms with E-state index in [2.05, 4.69) is 13.2 Å². The van der Waals surface area contributed by atoms with Crippen molar-refractivity contribution in [3.63, 3.8) is 0 Å². The number of carbonyl (C=O) groups is 3. The van der Waals surface area contributed by atoms with E-state index in [4.69, 9.17) is 21.1 Å². The minimum atomic E-state index is -1.15. The lowest BCUT2D eigenvalue weighted by atomic mass is 9.70. The number of ether oxygens (including phenoxy) is 2. The highest BCUT2D eigenvalue weighted by atomic mass is 35.5. The van der Waals surface area contributed by atoms with Crippen molar-refractivity contribution in [1.82, 2.24) is 4.90 Å². The molecule has 9 heteroatoms. The molecule has 36 heavy (non-hydrogen) atoms. The van der Waals surface area contributed by atoms with Gasteiger partial charge >= 0.3 is 5.97 Å². The largest absolute Gasteiger partial charge is 0.465 e. The van der Waals surface area contributed by atoms with Gasteiger partial charge in [0.1, 0.15) is 11.6 Å². The molecule has 0 radical (unpaired) electrons. The van der Waals surface area contributed by atoms with Crippen LogP contribution in [0.5, 0.6) is 0 Å². The number of rotatable bonds is 11. The molecule has 1 aromatic rings. The molecule has 5 atom stereocenters. The summed E-state index contributed by atoms with van der Waals surface area (Å²) in [6.45, 7) is 9.69. The third-order valence-electron chi connectivity index (χ3n) is 7.47. The van der Waals surface area contributed by atoms with E-state index in [0.717, 1.165) is 5.56 Å². The average Bonchev–Trinajstić information content (AvgIpc) is 3.49. The molecule has 0 aromatic heterocycles. The van der Waals surface area contributed by atoms with Crippen LogP contribution in [0.2, 0.25) is 5.02 Å². The first-order valence-corrected chi connectivity index (χ1v) is 12.7. The van der Waals surface area contributed by atoms with Crippen molar-refractivity contribution in [2.75, 3.05) is 31.2 Å². The molecule has 3 heterocycles. The average molecular weight is 517 g/mol. The maximum absolute atomic E-state index is 14.3. The molecule has 3 aliphatic heterocycles. The molecule has 2 bridgehead atoms. The standard InChI is InChI=1S/C27H33ClN2O6/c1-4-6-16-35-26(34)20-19-11-12-27(36-19)21(20)24(32)30(14-8-15-31)23(27)25(33)29(13-5-2)22-17(3)9-7-10-18(22)28/h4-5,7,9-10,19-21,23,31H,1-2,6,8,11-16H2,3H3/t19-,20+,21+,23?,27?/m1/s1. The number of esters is 1. The summed E-state index contributed by atoms with van der Waals surface area (Å²) in [7, 11) is 0. The molecule has 2 amide bonds. The van der Waals surface area contributed by atoms with Crippen LogP contribution in [0.3, 0.4) is 0 Å². The van der Waals surface area contributed by atoms with Crippen LogP contribution in [-0.2, 0) is 23.9 Å². The van der Waals surface area contributed by atoms with Crippen molar-refractivity contribution >= 4 is 35.1 Å². The SMILES string of the molecule is C=CCCOC(=O)[C@@H]1[C@H]2C(=O)N(CCCO)C(C(=O)N(CC=C)c3c(C)cccc3Cl)C23CC[C@H]1O3. The third kappa shape index (κ3) is 4.25. The Morgan fingerprint density at radius 1 is 1.36 bits per heavy atom. The van der Waals surface area contributed by atoms with Gasteiger partial charge in [-0.15, -0.1) is 13.2 Å². The second-order valence-electron chi connectivity index (χ2n) is 9.55. The molecular formula is C27H33ClN2O6. The Kier molecular flexibility index (Phi) is 7.87. The number of hydrogen-bond acceptors (Lipinski definition) is 6. The lowest BCUT2D eigenvalue weighted by Crippen LogP contribution is -2.56. The van der Waals surface area contributed by atoms with Gasteiger partial charge in [0.25, 0.3) is 5.91 Å². The number of carbonyl (C=O) groups excluding carboxylic acids is 3. The van der Waals surface area contributed by atoms with Crippen LogP contribution in [0.4, 0.5) is 5.69 Å². The first-order chi connectivity index (χ1) is 17.3. The Labute approximate surface area is 216 Å². The van der Waals surface area contributed by atoms with Crippen molar-refractivity contribution in [2.24, 2.45) is 11.8 Å². The Morgan fingerprint density at radius 2 is 2.14 bits per heavy atom. The van der Waals surface area contributed by atoms with Gasteiger partial charge in [-0.05, 0) is 44.2 Å². The fourth-order valence-corrected chi connectivity index (χ4v) is 6.38. The fourth-order valence-electron chi connectivity index (χ4n) is 6.05. The molecule has 4 rings (SSSR count). The number of hydrogen-bond donors (Lipinski definition) is 1. The molecule has 0 saturated carbocycles. The van der Waals surface area contributed by atoms with Gasteiger partial charge in [0.15, 0.2) is 0 Å². The highest BCUT2D eigenvalue weighted by Gasteiger charge is 2.75. The fraction of sp³-hybridized carbons (Fsp3) is 0.519. The zero-order chi connectivity index (χ0) is 26.0. The number of fused-ring (bicyclic) bond motifs is 1. The normalized spacial score (nSPS) is 28.2. The summed E-state index contributed by atoms with van der Waals surface area (Å²) in [5, 5.41) is 9.91. The number of amides is 2. The quantitative estimate of drug-likeness (QED) is 0.276. The van der Waals surface area contributed by atoms with E-state index in [1.807, 2.05) is 19.1 Å². The number of anilines is 1. The molecule has 2 unspecified atom stereocenters. The molecule has 1 N–H and O–H groups in total. The van der Waals surface area contributed by atoms with E-state index in [-0.39, 0.29) is 38.1 Å². The van der Waals surface area contributed by atoms with E-state index in [1.165, 1.54) is 9.80 Å². The zero-order valence-electron chi connectivity index (χ0n) is 20.5. The monoisotopic (exact) mass is 516 g/mol. The van der Waals surface area contributed by atoms with E-state index in [9.17, 15) is 19.5 Å². The van der Waals surface area contributed by atoms with Gasteiger partial charge in [0.2, 0.25) is 5.91 Å². The summed E-state index contributed by atoms with van der Waals surface area (Å²) >= 11 is 6.53. The van der Waals surface area contributed by atoms with Crippen molar-refractivity contribution < 1.29 is 29.0 Å². The molecule has 1 aromatic carbocycles. The van der Waals surface area contributed by atoms with E-state index in [1.54, 1.807) is 18.2 Å². The van der Waals surface area contributed by atoms with Crippen LogP contribution in [0.15, 0.2) is 43.5 Å². The molecule has 8 nitrogen and oxygen atoms in total. The summed E-state index contributed by atoms with van der Waals surface area (Å²) < 4.78 is 11.9. The first-order valence-electron chi connectivity index (χ1n) is 12.4. The number of aliphatic hydroxyl groups is 1. The summed E-state index contributed by atoms with van der Waals surface area (Å²) in [4.78, 5) is 44.2. The number of aliphatic hydroxyl groups excluding tert-OH is 1. The second kappa shape index (κ2) is 10.7. The van der Waals surface area contributed by atoms with Crippen LogP contribution in [0, 0.1) is 18.8 Å². The number of para-hydroxylation sites is 1. The van der Waals surface area contributed by atoms with Crippen molar-refractivity contribution in [2.45, 2.75) is 50.4 Å². The van der Waals surface area contributed by atoms with Crippen molar-refractivity contribution in [1.29, 1.82) is 0 Å². The Balaban J connectivity index is 1.75. The van der Waals surface area contributed by atoms with Gasteiger partial charge in [-0.1, -0.05) is 35.9 Å². The van der Waals surface area contributed by atoms with Crippen molar-refractivity contribution in [3.05, 3.63) is 54.1 Å². The van der Waals surface area contributed by atoms with Crippen LogP contribution >= 0.6 is 11.6 Å². The highest BCUT2D eigenvalue weighted by Crippen LogP contribution is 2.59. The van der Waals surface area contributed by atoms with Gasteiger partial charge in [0.05, 0.1) is 35.3 Å². The summed E-state index contributed by atoms with van der Waals surface area (Å²) in [6, 6.07) is 4.42. The maximum atomic E-state index is 14.3. The first kappa shape index (κ1) is 26.4. The number of benzene rings is 1. The smallest absolute Gasteiger partial charge is 0.312 e. The molecule has 0 aliphatic carbocycles. The van der Waals surface area contributed by atoms with Gasteiger partial charge < -0.3 is 24.4 Å². The van der Waals surface area contributed by atoms with E-state index >= 15 is 0 Å². The molecule has 3 fully saturated rings. The number of nitrogens with zero attached hydrogens (tertiary/aromatic N) is 2. The summed E-state index contributed by atoms with van der Waals surface area (Å²) in [5.74, 6) is -2.74. The Morgan fingerprint density at radius 3 is 2.81 bits per heavy atom. The number of aryl methyl sites for hydroxylation is 1. The number of halogens is 1. The van der Waals surface area contributed by atoms with Gasteiger partial charge in [-0.3, -0.25) is 14.4 Å². The van der Waals surface area contributed by atoms with Crippen LogP contribution in [0.25, 0.3) is 0 Å². The molecule has 3 aliphatic rings. The summed E-state index contributed by atoms with van der Waals surface area (Å²) in [5.41, 5.74) is 0.204. The Bertz CT molecular complexity index is 1040. The maximum Gasteiger partial charge on any atom is 0.312 e.